The van der Waals surface area contributed by atoms with Crippen LogP contribution < -0.4 is 31.3 Å². The minimum atomic E-state index is -1.84. The molecule has 0 saturated carbocycles. The molecule has 3 aromatic rings. The fourth-order valence-electron chi connectivity index (χ4n) is 3.55. The molecule has 1 unspecified atom stereocenters. The summed E-state index contributed by atoms with van der Waals surface area (Å²) >= 11 is 0. The summed E-state index contributed by atoms with van der Waals surface area (Å²) in [6.07, 6.45) is 1.01. The molecule has 11 nitrogen and oxygen atoms in total. The Hall–Kier alpha value is -4.74. The van der Waals surface area contributed by atoms with Crippen LogP contribution in [0.2, 0.25) is 0 Å². The predicted octanol–water partition coefficient (Wildman–Crippen LogP) is 2.65. The first kappa shape index (κ1) is 22.1. The lowest BCUT2D eigenvalue weighted by Crippen LogP contribution is -2.58. The van der Waals surface area contributed by atoms with Crippen LogP contribution in [-0.2, 0) is 14.4 Å². The van der Waals surface area contributed by atoms with E-state index in [2.05, 4.69) is 36.6 Å². The number of nitrogens with one attached hydrogen (secondary N) is 5. The molecular weight excluding hydrogens is 457 g/mol. The molecule has 0 radical (unpaired) electrons. The lowest BCUT2D eigenvalue weighted by molar-refractivity contribution is -0.146. The van der Waals surface area contributed by atoms with Gasteiger partial charge in [-0.25, -0.2) is 9.37 Å². The molecule has 12 heteroatoms. The third-order valence-electron chi connectivity index (χ3n) is 5.48. The first-order chi connectivity index (χ1) is 16.8. The highest BCUT2D eigenvalue weighted by atomic mass is 19.1. The number of anilines is 6. The van der Waals surface area contributed by atoms with Crippen LogP contribution in [-0.4, -0.2) is 39.8 Å². The number of rotatable bonds is 0. The van der Waals surface area contributed by atoms with Crippen molar-refractivity contribution in [2.75, 3.05) is 27.8 Å². The van der Waals surface area contributed by atoms with E-state index < -0.39 is 23.2 Å². The molecule has 3 amide bonds. The highest BCUT2D eigenvalue weighted by Crippen LogP contribution is 2.36. The van der Waals surface area contributed by atoms with E-state index in [0.717, 1.165) is 6.20 Å². The average Bonchev–Trinajstić information content (AvgIpc) is 2.83. The van der Waals surface area contributed by atoms with Gasteiger partial charge in [0, 0.05) is 30.0 Å². The van der Waals surface area contributed by atoms with Crippen molar-refractivity contribution in [1.29, 1.82) is 0 Å². The fourth-order valence-corrected chi connectivity index (χ4v) is 3.55. The van der Waals surface area contributed by atoms with E-state index in [4.69, 9.17) is 4.74 Å². The number of nitrogens with zero attached hydrogens (tertiary/aromatic N) is 2. The van der Waals surface area contributed by atoms with Gasteiger partial charge in [-0.15, -0.1) is 0 Å². The van der Waals surface area contributed by atoms with Crippen LogP contribution in [0.25, 0.3) is 0 Å². The molecule has 10 rings (SSSR count). The maximum absolute atomic E-state index is 14.4. The summed E-state index contributed by atoms with van der Waals surface area (Å²) in [6.45, 7) is 1.35. The smallest absolute Gasteiger partial charge is 0.278 e. The maximum Gasteiger partial charge on any atom is 0.278 e. The van der Waals surface area contributed by atoms with Crippen molar-refractivity contribution in [2.45, 2.75) is 18.9 Å². The molecule has 0 aliphatic carbocycles. The molecule has 0 fully saturated rings. The number of carbonyl (C=O) groups is 3. The zero-order valence-electron chi connectivity index (χ0n) is 18.4. The Labute approximate surface area is 198 Å². The van der Waals surface area contributed by atoms with Gasteiger partial charge in [-0.05, 0) is 49.4 Å². The fraction of sp³-hybridized carbons (Fsp3) is 0.174. The van der Waals surface area contributed by atoms with Gasteiger partial charge >= 0.3 is 0 Å². The van der Waals surface area contributed by atoms with Gasteiger partial charge in [0.05, 0.1) is 11.9 Å². The summed E-state index contributed by atoms with van der Waals surface area (Å²) in [5.74, 6) is -2.08. The second-order valence-corrected chi connectivity index (χ2v) is 8.07. The minimum Gasteiger partial charge on any atom is -0.466 e. The summed E-state index contributed by atoms with van der Waals surface area (Å²) in [7, 11) is 0. The normalized spacial score (nSPS) is 19.4. The number of amides is 3. The van der Waals surface area contributed by atoms with Gasteiger partial charge in [0.25, 0.3) is 17.4 Å². The molecular formula is C23H20FN7O4. The Morgan fingerprint density at radius 2 is 1.63 bits per heavy atom. The largest absolute Gasteiger partial charge is 0.466 e. The molecule has 35 heavy (non-hydrogen) atoms. The number of benzene rings is 2. The first-order valence-electron chi connectivity index (χ1n) is 10.7. The molecule has 7 aliphatic heterocycles. The third-order valence-corrected chi connectivity index (χ3v) is 5.48. The number of hydrogen-bond acceptors (Lipinski definition) is 8. The Bertz CT molecular complexity index is 1350. The molecule has 0 saturated heterocycles. The molecule has 1 aromatic heterocycles. The lowest BCUT2D eigenvalue weighted by atomic mass is 10.0. The van der Waals surface area contributed by atoms with Gasteiger partial charge in [0.15, 0.2) is 11.6 Å². The molecule has 8 bridgehead atoms. The molecule has 8 heterocycles. The van der Waals surface area contributed by atoms with Crippen molar-refractivity contribution in [3.63, 3.8) is 0 Å². The lowest BCUT2D eigenvalue weighted by Gasteiger charge is -2.33. The Morgan fingerprint density at radius 3 is 2.40 bits per heavy atom. The second kappa shape index (κ2) is 8.56. The number of carbonyl (C=O) groups excluding carboxylic acids is 3. The summed E-state index contributed by atoms with van der Waals surface area (Å²) in [5, 5.41) is 13.8. The molecule has 5 N–H and O–H groups in total. The van der Waals surface area contributed by atoms with Crippen LogP contribution >= 0.6 is 0 Å². The van der Waals surface area contributed by atoms with E-state index in [0.29, 0.717) is 22.7 Å². The Kier molecular flexibility index (Phi) is 5.40. The van der Waals surface area contributed by atoms with Gasteiger partial charge in [0.2, 0.25) is 11.9 Å². The van der Waals surface area contributed by atoms with Gasteiger partial charge in [-0.1, -0.05) is 0 Å². The van der Waals surface area contributed by atoms with Crippen LogP contribution in [0.5, 0.6) is 5.75 Å². The highest BCUT2D eigenvalue weighted by molar-refractivity contribution is 6.15. The van der Waals surface area contributed by atoms with Gasteiger partial charge in [-0.3, -0.25) is 14.4 Å². The quantitative estimate of drug-likeness (QED) is 0.311. The molecule has 1 atom stereocenters. The molecule has 0 spiro atoms. The number of aromatic nitrogens is 2. The van der Waals surface area contributed by atoms with E-state index in [1.807, 2.05) is 0 Å². The van der Waals surface area contributed by atoms with E-state index >= 15 is 0 Å². The standard InChI is InChI=1S/C23H20FN7O4/c1-23-20(33)25-9-8-18(32)27-12-2-4-13(5-3-12)29-22-26-11-15(24)19(31-22)28-14-6-7-17(35-23)16(10-14)30-21(23)34/h2-7,10-11H,8-9H2,1H3,(H,25,33)(H,27,32)(H,30,34)(H2,26,28,29,31). The summed E-state index contributed by atoms with van der Waals surface area (Å²) < 4.78 is 20.2. The van der Waals surface area contributed by atoms with Crippen molar-refractivity contribution in [3.8, 4) is 5.75 Å². The Morgan fingerprint density at radius 1 is 0.914 bits per heavy atom. The van der Waals surface area contributed by atoms with Crippen molar-refractivity contribution in [1.82, 2.24) is 15.3 Å². The Balaban J connectivity index is 1.51. The van der Waals surface area contributed by atoms with Crippen molar-refractivity contribution in [3.05, 3.63) is 54.5 Å². The highest BCUT2D eigenvalue weighted by Gasteiger charge is 2.47. The average molecular weight is 477 g/mol. The van der Waals surface area contributed by atoms with Crippen LogP contribution in [0.15, 0.2) is 48.7 Å². The maximum atomic E-state index is 14.4. The van der Waals surface area contributed by atoms with E-state index in [-0.39, 0.29) is 36.4 Å². The van der Waals surface area contributed by atoms with Crippen molar-refractivity contribution < 1.29 is 23.5 Å². The number of halogens is 1. The summed E-state index contributed by atoms with van der Waals surface area (Å²) in [5.41, 5.74) is 0.0330. The third kappa shape index (κ3) is 4.40. The van der Waals surface area contributed by atoms with Crippen molar-refractivity contribution in [2.24, 2.45) is 0 Å². The van der Waals surface area contributed by atoms with Gasteiger partial charge in [0.1, 0.15) is 5.75 Å². The predicted molar refractivity (Wildman–Crippen MR) is 125 cm³/mol. The monoisotopic (exact) mass is 477 g/mol. The zero-order valence-corrected chi connectivity index (χ0v) is 18.4. The zero-order chi connectivity index (χ0) is 24.6. The SMILES string of the molecule is CC12Oc3ccc(cc3NC1=O)Nc1nc(ncc1F)Nc1ccc(cc1)NC(=O)CCNC2=O. The number of ether oxygens (including phenoxy) is 1. The van der Waals surface area contributed by atoms with E-state index in [9.17, 15) is 18.8 Å². The first-order valence-corrected chi connectivity index (χ1v) is 10.7. The summed E-state index contributed by atoms with van der Waals surface area (Å²) in [4.78, 5) is 45.9. The summed E-state index contributed by atoms with van der Waals surface area (Å²) in [6, 6.07) is 11.4. The second-order valence-electron chi connectivity index (χ2n) is 8.07. The van der Waals surface area contributed by atoms with E-state index in [1.54, 1.807) is 30.3 Å². The van der Waals surface area contributed by atoms with Crippen molar-refractivity contribution >= 4 is 52.2 Å². The van der Waals surface area contributed by atoms with E-state index in [1.165, 1.54) is 19.1 Å². The molecule has 178 valence electrons. The van der Waals surface area contributed by atoms with Gasteiger partial charge in [-0.2, -0.15) is 4.98 Å². The van der Waals surface area contributed by atoms with Crippen LogP contribution in [0, 0.1) is 5.82 Å². The van der Waals surface area contributed by atoms with Crippen LogP contribution in [0.4, 0.5) is 38.9 Å². The van der Waals surface area contributed by atoms with Crippen LogP contribution in [0.1, 0.15) is 13.3 Å². The number of hydrogen-bond donors (Lipinski definition) is 5. The molecule has 7 aliphatic rings. The minimum absolute atomic E-state index is 0.00472. The molecule has 2 aromatic carbocycles. The topological polar surface area (TPSA) is 146 Å². The van der Waals surface area contributed by atoms with Crippen LogP contribution in [0.3, 0.4) is 0 Å². The van der Waals surface area contributed by atoms with Gasteiger partial charge < -0.3 is 31.3 Å².